The SMILES string of the molecule is COC1CC(CCC(C)[C@@H]2OC(=O)/C=C/C(C)=C/C[C@H](O)CC3C=CCC(C[C@H](OC)[C@@H](C)[C@@H](O)C[C@@H](O)[C@H](C)[C@H](O)[C@@H](C)C([C@@H](C)CCC4C[C@H](OC)CC(C)O4)OC(=O)/C=C/C(C)=C/C[C@H](O)C[C@@H]4C=CC[C@@H](C[C@@H](OC)[C@H](C)C(O)C[C@@H](O)[C@H](C)[C@H](O)[C@H]2C)O4)O3)O[C@@H](C)C1. The molecule has 0 saturated carbocycles. The van der Waals surface area contributed by atoms with Crippen LogP contribution in [0.3, 0.4) is 0 Å². The van der Waals surface area contributed by atoms with E-state index in [2.05, 4.69) is 0 Å². The number of allylic oxidation sites excluding steroid dienone is 4. The highest BCUT2D eigenvalue weighted by Gasteiger charge is 2.42. The van der Waals surface area contributed by atoms with E-state index in [9.17, 15) is 50.4 Å². The van der Waals surface area contributed by atoms with Gasteiger partial charge in [0.2, 0.25) is 0 Å². The second kappa shape index (κ2) is 43.1. The summed E-state index contributed by atoms with van der Waals surface area (Å²) in [6.45, 7) is 22.6. The lowest BCUT2D eigenvalue weighted by molar-refractivity contribution is -0.156. The minimum atomic E-state index is -1.14. The first-order chi connectivity index (χ1) is 46.4. The Labute approximate surface area is 587 Å². The van der Waals surface area contributed by atoms with Crippen LogP contribution in [0.25, 0.3) is 0 Å². The topological polar surface area (TPSA) is 288 Å². The minimum Gasteiger partial charge on any atom is -0.459 e. The monoisotopic (exact) mass is 1390 g/mol. The number of esters is 2. The number of aliphatic hydroxyl groups excluding tert-OH is 8. The number of hydrogen-bond acceptors (Lipinski definition) is 20. The number of ether oxygens (including phenoxy) is 10. The molecule has 0 aromatic rings. The van der Waals surface area contributed by atoms with E-state index in [0.29, 0.717) is 64.2 Å². The van der Waals surface area contributed by atoms with Crippen molar-refractivity contribution in [2.75, 3.05) is 28.4 Å². The molecule has 5 rings (SSSR count). The number of methoxy groups -OCH3 is 4. The lowest BCUT2D eigenvalue weighted by Crippen LogP contribution is -2.45. The van der Waals surface area contributed by atoms with Gasteiger partial charge in [0.05, 0.1) is 122 Å². The standard InChI is InChI=1S/C78H132O20/c1-45-23-29-57(79)37-59-19-17-21-61(95-59)41-71(91-15)51(7)68(82)44-70(84)54(10)76(88)56(12)78(48(4)28-32-64-40-66(90-14)36-50(6)94-64)98-74(86)34-26-46(2)24-30-58(80)38-60-20-18-22-62(96-60)42-72(92-16)52(8)67(81)43-69(83)53(9)75(87)55(11)77(97-73(85)33-25-45)47(3)27-31-63-39-65(89-13)35-49(5)93-63/h17-20,23-26,33-34,47-72,75-84,87-88H,21-22,27-32,35-44H2,1-16H3/b33-25+,34-26+,45-23+,46-24+/t47-,48?,49?,50-,51+,52-,53-,54-,55+,56+,57-,58-,59-,60?,61-,62?,63?,64?,65+,66?,67-,68?,69+,70+,71+,72-,75-,76-,77?,78-/m0/s1. The zero-order chi connectivity index (χ0) is 72.5. The van der Waals surface area contributed by atoms with Crippen LogP contribution >= 0.6 is 0 Å². The molecule has 564 valence electrons. The maximum atomic E-state index is 13.8. The molecule has 0 aliphatic carbocycles. The van der Waals surface area contributed by atoms with Crippen LogP contribution in [-0.2, 0) is 57.0 Å². The van der Waals surface area contributed by atoms with Gasteiger partial charge in [0, 0.05) is 102 Å². The Morgan fingerprint density at radius 2 is 0.786 bits per heavy atom. The molecule has 5 heterocycles. The fraction of sp³-hybridized carbons (Fsp3) is 0.821. The number of aliphatic hydroxyl groups is 8. The van der Waals surface area contributed by atoms with Gasteiger partial charge in [0.1, 0.15) is 12.2 Å². The third-order valence-corrected chi connectivity index (χ3v) is 22.3. The number of rotatable bonds is 12. The van der Waals surface area contributed by atoms with Gasteiger partial charge < -0.3 is 88.2 Å². The number of carbonyl (C=O) groups is 2. The maximum absolute atomic E-state index is 13.8. The third-order valence-electron chi connectivity index (χ3n) is 22.3. The summed E-state index contributed by atoms with van der Waals surface area (Å²) in [5.41, 5.74) is 1.44. The van der Waals surface area contributed by atoms with Gasteiger partial charge in [0.25, 0.3) is 0 Å². The van der Waals surface area contributed by atoms with Crippen LogP contribution in [0.5, 0.6) is 0 Å². The van der Waals surface area contributed by atoms with Crippen molar-refractivity contribution < 1.29 is 97.8 Å². The summed E-state index contributed by atoms with van der Waals surface area (Å²) in [6.07, 6.45) is 14.4. The van der Waals surface area contributed by atoms with Crippen LogP contribution in [0.4, 0.5) is 0 Å². The average molecular weight is 1390 g/mol. The van der Waals surface area contributed by atoms with Crippen LogP contribution in [-0.4, -0.2) is 216 Å². The van der Waals surface area contributed by atoms with Crippen molar-refractivity contribution in [1.82, 2.24) is 0 Å². The molecule has 4 bridgehead atoms. The molecule has 20 heteroatoms. The summed E-state index contributed by atoms with van der Waals surface area (Å²) >= 11 is 0. The number of hydrogen-bond donors (Lipinski definition) is 8. The summed E-state index contributed by atoms with van der Waals surface area (Å²) in [6, 6.07) is 0. The molecule has 0 aromatic heterocycles. The Hall–Kier alpha value is -3.26. The van der Waals surface area contributed by atoms with Crippen LogP contribution in [0.2, 0.25) is 0 Å². The zero-order valence-electron chi connectivity index (χ0n) is 62.3. The van der Waals surface area contributed by atoms with Gasteiger partial charge in [-0.05, 0) is 129 Å². The van der Waals surface area contributed by atoms with E-state index in [4.69, 9.17) is 47.4 Å². The summed E-state index contributed by atoms with van der Waals surface area (Å²) in [5, 5.41) is 93.8. The minimum absolute atomic E-state index is 0.0275. The van der Waals surface area contributed by atoms with Crippen LogP contribution in [0, 0.1) is 47.3 Å². The Morgan fingerprint density at radius 3 is 1.13 bits per heavy atom. The smallest absolute Gasteiger partial charge is 0.331 e. The van der Waals surface area contributed by atoms with E-state index >= 15 is 0 Å². The van der Waals surface area contributed by atoms with Crippen molar-refractivity contribution in [3.05, 3.63) is 71.9 Å². The Kier molecular flexibility index (Phi) is 37.6. The van der Waals surface area contributed by atoms with Crippen LogP contribution in [0.15, 0.2) is 71.9 Å². The van der Waals surface area contributed by atoms with E-state index in [0.717, 1.165) is 36.8 Å². The van der Waals surface area contributed by atoms with Crippen LogP contribution < -0.4 is 0 Å². The Morgan fingerprint density at radius 1 is 0.429 bits per heavy atom. The first-order valence-electron chi connectivity index (χ1n) is 37.1. The predicted octanol–water partition coefficient (Wildman–Crippen LogP) is 10.1. The van der Waals surface area contributed by atoms with Crippen LogP contribution in [0.1, 0.15) is 199 Å². The first-order valence-corrected chi connectivity index (χ1v) is 37.1. The molecule has 0 amide bonds. The van der Waals surface area contributed by atoms with E-state index in [1.54, 1.807) is 54.4 Å². The molecule has 0 spiro atoms. The Balaban J connectivity index is 1.36. The van der Waals surface area contributed by atoms with Crippen molar-refractivity contribution in [2.45, 2.75) is 333 Å². The first kappa shape index (κ1) is 85.4. The van der Waals surface area contributed by atoms with Gasteiger partial charge in [-0.1, -0.05) is 115 Å². The maximum Gasteiger partial charge on any atom is 0.331 e. The van der Waals surface area contributed by atoms with E-state index in [-0.39, 0.29) is 86.4 Å². The van der Waals surface area contributed by atoms with Gasteiger partial charge in [-0.3, -0.25) is 0 Å². The van der Waals surface area contributed by atoms with Gasteiger partial charge in [-0.15, -0.1) is 0 Å². The van der Waals surface area contributed by atoms with E-state index in [1.807, 2.05) is 106 Å². The molecule has 2 fully saturated rings. The predicted molar refractivity (Wildman–Crippen MR) is 377 cm³/mol. The summed E-state index contributed by atoms with van der Waals surface area (Å²) in [7, 11) is 6.59. The highest BCUT2D eigenvalue weighted by Crippen LogP contribution is 2.37. The molecule has 98 heavy (non-hydrogen) atoms. The molecule has 0 aromatic carbocycles. The normalized spacial score (nSPS) is 43.3. The molecular formula is C78H132O20. The lowest BCUT2D eigenvalue weighted by Gasteiger charge is -2.38. The molecule has 5 aliphatic heterocycles. The van der Waals surface area contributed by atoms with Gasteiger partial charge >= 0.3 is 11.9 Å². The molecule has 9 unspecified atom stereocenters. The third kappa shape index (κ3) is 28.1. The highest BCUT2D eigenvalue weighted by atomic mass is 16.6. The van der Waals surface area contributed by atoms with Crippen molar-refractivity contribution in [3.8, 4) is 0 Å². The van der Waals surface area contributed by atoms with Crippen molar-refractivity contribution in [1.29, 1.82) is 0 Å². The van der Waals surface area contributed by atoms with Crippen molar-refractivity contribution >= 4 is 11.9 Å². The number of carbonyl (C=O) groups excluding carboxylic acids is 2. The quantitative estimate of drug-likeness (QED) is 0.0666. The summed E-state index contributed by atoms with van der Waals surface area (Å²) < 4.78 is 61.5. The largest absolute Gasteiger partial charge is 0.459 e. The molecule has 5 aliphatic rings. The summed E-state index contributed by atoms with van der Waals surface area (Å²) in [5.74, 6) is -5.33. The van der Waals surface area contributed by atoms with Gasteiger partial charge in [0.15, 0.2) is 0 Å². The van der Waals surface area contributed by atoms with E-state index in [1.165, 1.54) is 12.2 Å². The highest BCUT2D eigenvalue weighted by molar-refractivity contribution is 5.83. The molecule has 30 atom stereocenters. The fourth-order valence-corrected chi connectivity index (χ4v) is 15.4. The number of cyclic esters (lactones) is 2. The van der Waals surface area contributed by atoms with Gasteiger partial charge in [-0.25, -0.2) is 9.59 Å². The molecule has 8 N–H and O–H groups in total. The molecule has 0 radical (unpaired) electrons. The van der Waals surface area contributed by atoms with E-state index < -0.39 is 133 Å². The average Bonchev–Trinajstić information content (AvgIpc) is 0.873. The zero-order valence-corrected chi connectivity index (χ0v) is 62.3. The number of fused-ring (bicyclic) bond motifs is 4. The molecule has 20 nitrogen and oxygen atoms in total. The summed E-state index contributed by atoms with van der Waals surface area (Å²) in [4.78, 5) is 27.7. The molecular weight excluding hydrogens is 1260 g/mol. The molecule has 2 saturated heterocycles. The fourth-order valence-electron chi connectivity index (χ4n) is 15.4. The van der Waals surface area contributed by atoms with Crippen molar-refractivity contribution in [2.24, 2.45) is 47.3 Å². The van der Waals surface area contributed by atoms with Gasteiger partial charge in [-0.2, -0.15) is 0 Å². The Bertz CT molecular complexity index is 2320. The second-order valence-electron chi connectivity index (χ2n) is 30.3. The van der Waals surface area contributed by atoms with Crippen molar-refractivity contribution in [3.63, 3.8) is 0 Å². The lowest BCUT2D eigenvalue weighted by atomic mass is 9.79. The second-order valence-corrected chi connectivity index (χ2v) is 30.3.